The third-order valence-corrected chi connectivity index (χ3v) is 5.57. The number of carbonyl (C=O) groups excluding carboxylic acids is 1. The molecule has 0 saturated heterocycles. The molecule has 1 heterocycles. The van der Waals surface area contributed by atoms with Crippen molar-refractivity contribution in [1.29, 1.82) is 0 Å². The molecule has 1 aromatic carbocycles. The summed E-state index contributed by atoms with van der Waals surface area (Å²) in [7, 11) is 0. The van der Waals surface area contributed by atoms with Gasteiger partial charge in [0.15, 0.2) is 5.82 Å². The molecule has 7 nitrogen and oxygen atoms in total. The predicted octanol–water partition coefficient (Wildman–Crippen LogP) is 2.47. The van der Waals surface area contributed by atoms with Crippen LogP contribution < -0.4 is 15.9 Å². The molecule has 0 unspecified atom stereocenters. The van der Waals surface area contributed by atoms with E-state index in [4.69, 9.17) is 10.6 Å². The summed E-state index contributed by atoms with van der Waals surface area (Å²) >= 11 is 1.31. The number of hydrogen-bond donors (Lipinski definition) is 2. The Kier molecular flexibility index (Phi) is 6.26. The summed E-state index contributed by atoms with van der Waals surface area (Å²) in [6.07, 6.45) is 2.98. The minimum Gasteiger partial charge on any atom is -0.493 e. The Hall–Kier alpha value is -2.22. The third-order valence-electron chi connectivity index (χ3n) is 4.63. The molecule has 1 aliphatic carbocycles. The minimum atomic E-state index is -0.0430. The fourth-order valence-electron chi connectivity index (χ4n) is 2.82. The topological polar surface area (TPSA) is 95.1 Å². The van der Waals surface area contributed by atoms with Crippen molar-refractivity contribution in [2.75, 3.05) is 24.7 Å². The molecule has 1 fully saturated rings. The molecule has 0 aliphatic heterocycles. The third kappa shape index (κ3) is 5.15. The van der Waals surface area contributed by atoms with Gasteiger partial charge in [-0.05, 0) is 62.8 Å². The summed E-state index contributed by atoms with van der Waals surface area (Å²) < 4.78 is 7.37. The van der Waals surface area contributed by atoms with Gasteiger partial charge in [-0.3, -0.25) is 4.79 Å². The van der Waals surface area contributed by atoms with Crippen molar-refractivity contribution >= 4 is 17.7 Å². The number of benzene rings is 1. The Balaban J connectivity index is 1.34. The zero-order valence-corrected chi connectivity index (χ0v) is 16.9. The van der Waals surface area contributed by atoms with Gasteiger partial charge in [0.2, 0.25) is 11.1 Å². The van der Waals surface area contributed by atoms with Gasteiger partial charge in [-0.2, -0.15) is 0 Å². The summed E-state index contributed by atoms with van der Waals surface area (Å²) in [6.45, 7) is 7.36. The highest BCUT2D eigenvalue weighted by molar-refractivity contribution is 7.99. The molecule has 0 atom stereocenters. The molecule has 146 valence electrons. The first kappa shape index (κ1) is 19.5. The van der Waals surface area contributed by atoms with Crippen LogP contribution >= 0.6 is 11.8 Å². The van der Waals surface area contributed by atoms with Gasteiger partial charge in [0, 0.05) is 12.5 Å². The minimum absolute atomic E-state index is 0.0430. The van der Waals surface area contributed by atoms with Crippen LogP contribution in [0, 0.1) is 20.8 Å². The van der Waals surface area contributed by atoms with Crippen molar-refractivity contribution in [2.24, 2.45) is 0 Å². The first-order chi connectivity index (χ1) is 13.0. The molecule has 27 heavy (non-hydrogen) atoms. The number of carbonyl (C=O) groups is 1. The maximum Gasteiger partial charge on any atom is 0.230 e. The summed E-state index contributed by atoms with van der Waals surface area (Å²) in [5.74, 6) is 8.39. The lowest BCUT2D eigenvalue weighted by Crippen LogP contribution is -2.27. The summed E-state index contributed by atoms with van der Waals surface area (Å²) in [5.41, 5.74) is 3.58. The zero-order chi connectivity index (χ0) is 19.4. The maximum atomic E-state index is 12.0. The van der Waals surface area contributed by atoms with E-state index in [1.54, 1.807) is 0 Å². The average Bonchev–Trinajstić information content (AvgIpc) is 3.40. The summed E-state index contributed by atoms with van der Waals surface area (Å²) in [6, 6.07) is 4.20. The van der Waals surface area contributed by atoms with Crippen molar-refractivity contribution in [2.45, 2.75) is 51.1 Å². The largest absolute Gasteiger partial charge is 0.493 e. The first-order valence-corrected chi connectivity index (χ1v) is 10.2. The zero-order valence-electron chi connectivity index (χ0n) is 16.1. The van der Waals surface area contributed by atoms with E-state index in [-0.39, 0.29) is 11.7 Å². The van der Waals surface area contributed by atoms with E-state index < -0.39 is 0 Å². The molecule has 3 rings (SSSR count). The highest BCUT2D eigenvalue weighted by Crippen LogP contribution is 2.39. The number of aromatic nitrogens is 3. The predicted molar refractivity (Wildman–Crippen MR) is 107 cm³/mol. The van der Waals surface area contributed by atoms with Gasteiger partial charge in [-0.25, -0.2) is 4.68 Å². The number of aryl methyl sites for hydroxylation is 2. The number of nitrogens with zero attached hydrogens (tertiary/aromatic N) is 3. The van der Waals surface area contributed by atoms with Gasteiger partial charge in [0.25, 0.3) is 0 Å². The van der Waals surface area contributed by atoms with E-state index in [9.17, 15) is 4.79 Å². The second kappa shape index (κ2) is 8.65. The van der Waals surface area contributed by atoms with Crippen molar-refractivity contribution in [1.82, 2.24) is 20.2 Å². The van der Waals surface area contributed by atoms with E-state index >= 15 is 0 Å². The molecule has 1 amide bonds. The first-order valence-electron chi connectivity index (χ1n) is 9.26. The highest BCUT2D eigenvalue weighted by Gasteiger charge is 2.29. The van der Waals surface area contributed by atoms with E-state index in [0.29, 0.717) is 24.2 Å². The number of amides is 1. The molecule has 1 aromatic heterocycles. The molecule has 3 N–H and O–H groups in total. The second-order valence-corrected chi connectivity index (χ2v) is 7.97. The lowest BCUT2D eigenvalue weighted by molar-refractivity contribution is -0.118. The van der Waals surface area contributed by atoms with Gasteiger partial charge in [0.05, 0.1) is 12.4 Å². The van der Waals surface area contributed by atoms with Crippen LogP contribution in [0.3, 0.4) is 0 Å². The average molecular weight is 390 g/mol. The number of nitrogen functional groups attached to an aromatic ring is 1. The second-order valence-electron chi connectivity index (χ2n) is 7.03. The van der Waals surface area contributed by atoms with Crippen molar-refractivity contribution in [3.05, 3.63) is 34.6 Å². The number of hydrogen-bond acceptors (Lipinski definition) is 6. The molecule has 0 spiro atoms. The summed E-state index contributed by atoms with van der Waals surface area (Å²) in [5, 5.41) is 11.7. The number of ether oxygens (including phenoxy) is 1. The quantitative estimate of drug-likeness (QED) is 0.389. The van der Waals surface area contributed by atoms with Crippen LogP contribution in [0.4, 0.5) is 0 Å². The van der Waals surface area contributed by atoms with Crippen LogP contribution in [0.1, 0.15) is 47.7 Å². The van der Waals surface area contributed by atoms with Crippen LogP contribution in [0.25, 0.3) is 0 Å². The molecule has 1 aliphatic rings. The van der Waals surface area contributed by atoms with Crippen LogP contribution in [0.2, 0.25) is 0 Å². The van der Waals surface area contributed by atoms with Crippen molar-refractivity contribution in [3.8, 4) is 5.75 Å². The molecule has 0 radical (unpaired) electrons. The SMILES string of the molecule is Cc1cc(C)c(C)c(OCCCNC(=O)CSc2nnc(C3CC3)n2N)c1. The van der Waals surface area contributed by atoms with Crippen LogP contribution in [-0.2, 0) is 4.79 Å². The number of nitrogens with one attached hydrogen (secondary N) is 1. The van der Waals surface area contributed by atoms with Gasteiger partial charge in [-0.1, -0.05) is 17.8 Å². The van der Waals surface area contributed by atoms with E-state index in [1.807, 2.05) is 0 Å². The Morgan fingerprint density at radius 3 is 2.85 bits per heavy atom. The molecule has 8 heteroatoms. The smallest absolute Gasteiger partial charge is 0.230 e. The maximum absolute atomic E-state index is 12.0. The van der Waals surface area contributed by atoms with Crippen molar-refractivity contribution < 1.29 is 9.53 Å². The Morgan fingerprint density at radius 1 is 1.33 bits per heavy atom. The lowest BCUT2D eigenvalue weighted by Gasteiger charge is -2.12. The molecule has 0 bridgehead atoms. The van der Waals surface area contributed by atoms with Crippen molar-refractivity contribution in [3.63, 3.8) is 0 Å². The molecule has 2 aromatic rings. The van der Waals surface area contributed by atoms with Gasteiger partial charge >= 0.3 is 0 Å². The normalized spacial score (nSPS) is 13.6. The van der Waals surface area contributed by atoms with E-state index in [0.717, 1.165) is 36.4 Å². The molecular weight excluding hydrogens is 362 g/mol. The Morgan fingerprint density at radius 2 is 2.11 bits per heavy atom. The van der Waals surface area contributed by atoms with E-state index in [2.05, 4.69) is 48.4 Å². The standard InChI is InChI=1S/C19H27N5O2S/c1-12-9-13(2)14(3)16(10-12)26-8-4-7-21-17(25)11-27-19-23-22-18(24(19)20)15-5-6-15/h9-10,15H,4-8,11,20H2,1-3H3,(H,21,25). The molecule has 1 saturated carbocycles. The summed E-state index contributed by atoms with van der Waals surface area (Å²) in [4.78, 5) is 12.0. The van der Waals surface area contributed by atoms with Gasteiger partial charge in [-0.15, -0.1) is 10.2 Å². The van der Waals surface area contributed by atoms with Gasteiger partial charge < -0.3 is 15.9 Å². The highest BCUT2D eigenvalue weighted by atomic mass is 32.2. The van der Waals surface area contributed by atoms with E-state index in [1.165, 1.54) is 27.6 Å². The van der Waals surface area contributed by atoms with Crippen LogP contribution in [0.15, 0.2) is 17.3 Å². The van der Waals surface area contributed by atoms with Crippen LogP contribution in [-0.4, -0.2) is 39.7 Å². The number of nitrogens with two attached hydrogens (primary N) is 1. The lowest BCUT2D eigenvalue weighted by atomic mass is 10.1. The Bertz CT molecular complexity index is 817. The Labute approximate surface area is 164 Å². The van der Waals surface area contributed by atoms with Crippen LogP contribution in [0.5, 0.6) is 5.75 Å². The number of rotatable bonds is 9. The fourth-order valence-corrected chi connectivity index (χ4v) is 3.51. The fraction of sp³-hybridized carbons (Fsp3) is 0.526. The van der Waals surface area contributed by atoms with Gasteiger partial charge in [0.1, 0.15) is 5.75 Å². The number of thioether (sulfide) groups is 1. The molecular formula is C19H27N5O2S. The monoisotopic (exact) mass is 389 g/mol.